The molecule has 0 unspecified atom stereocenters. The van der Waals surface area contributed by atoms with Crippen LogP contribution in [0.4, 0.5) is 5.69 Å². The van der Waals surface area contributed by atoms with E-state index >= 15 is 0 Å². The van der Waals surface area contributed by atoms with Gasteiger partial charge < -0.3 is 15.2 Å². The van der Waals surface area contributed by atoms with Crippen molar-refractivity contribution in [2.75, 3.05) is 0 Å². The average Bonchev–Trinajstić information content (AvgIpc) is 3.03. The Morgan fingerprint density at radius 1 is 1.13 bits per heavy atom. The number of hydrogen-bond donors (Lipinski definition) is 3. The molecule has 2 heterocycles. The summed E-state index contributed by atoms with van der Waals surface area (Å²) in [5.74, 6) is -1.56. The zero-order valence-corrected chi connectivity index (χ0v) is 11.7. The fraction of sp³-hybridized carbons (Fsp3) is 0. The number of aromatic carboxylic acids is 1. The lowest BCUT2D eigenvalue weighted by Gasteiger charge is -1.99. The van der Waals surface area contributed by atoms with Crippen LogP contribution in [-0.2, 0) is 0 Å². The second kappa shape index (κ2) is 4.54. The number of carboxylic acid groups (broad SMARTS) is 1. The monoisotopic (exact) mass is 306 g/mol. The molecule has 0 saturated heterocycles. The molecule has 0 aliphatic carbocycles. The van der Waals surface area contributed by atoms with Crippen LogP contribution in [0.2, 0.25) is 0 Å². The largest absolute Gasteiger partial charge is 0.494 e. The lowest BCUT2D eigenvalue weighted by atomic mass is 10.0. The van der Waals surface area contributed by atoms with E-state index in [0.29, 0.717) is 27.7 Å². The molecule has 3 aromatic rings. The van der Waals surface area contributed by atoms with E-state index in [1.807, 2.05) is 6.07 Å². The van der Waals surface area contributed by atoms with Crippen LogP contribution in [0.3, 0.4) is 0 Å². The van der Waals surface area contributed by atoms with Crippen molar-refractivity contribution < 1.29 is 19.8 Å². The lowest BCUT2D eigenvalue weighted by molar-refractivity contribution is 0.0696. The van der Waals surface area contributed by atoms with Gasteiger partial charge in [0, 0.05) is 16.5 Å². The molecule has 3 N–H and O–H groups in total. The van der Waals surface area contributed by atoms with Crippen molar-refractivity contribution in [3.8, 4) is 5.88 Å². The average molecular weight is 306 g/mol. The van der Waals surface area contributed by atoms with E-state index in [9.17, 15) is 14.7 Å². The highest BCUT2D eigenvalue weighted by Gasteiger charge is 2.30. The third-order valence-corrected chi connectivity index (χ3v) is 3.86. The predicted molar refractivity (Wildman–Crippen MR) is 83.9 cm³/mol. The highest BCUT2D eigenvalue weighted by molar-refractivity contribution is 6.56. The van der Waals surface area contributed by atoms with Crippen molar-refractivity contribution in [3.63, 3.8) is 0 Å². The molecule has 23 heavy (non-hydrogen) atoms. The third kappa shape index (κ3) is 1.85. The molecule has 0 spiro atoms. The zero-order chi connectivity index (χ0) is 16.1. The van der Waals surface area contributed by atoms with Crippen molar-refractivity contribution in [1.29, 1.82) is 0 Å². The Bertz CT molecular complexity index is 1030. The summed E-state index contributed by atoms with van der Waals surface area (Å²) in [5.41, 5.74) is 1.82. The number of aromatic hydroxyl groups is 1. The second-order valence-electron chi connectivity index (χ2n) is 5.22. The molecule has 1 aliphatic rings. The van der Waals surface area contributed by atoms with Gasteiger partial charge in [0.1, 0.15) is 5.71 Å². The van der Waals surface area contributed by atoms with Gasteiger partial charge in [-0.3, -0.25) is 4.79 Å². The SMILES string of the molecule is O=C(O)c1ccc2c(c1)N=C(c1c(O)[nH]c3ccccc13)C2=O. The molecule has 0 amide bonds. The maximum absolute atomic E-state index is 12.6. The number of fused-ring (bicyclic) bond motifs is 2. The van der Waals surface area contributed by atoms with Gasteiger partial charge >= 0.3 is 5.97 Å². The molecular weight excluding hydrogens is 296 g/mol. The number of aromatic nitrogens is 1. The molecule has 0 bridgehead atoms. The summed E-state index contributed by atoms with van der Waals surface area (Å²) < 4.78 is 0. The third-order valence-electron chi connectivity index (χ3n) is 3.86. The zero-order valence-electron chi connectivity index (χ0n) is 11.7. The number of aliphatic imine (C=N–C) groups is 1. The van der Waals surface area contributed by atoms with Gasteiger partial charge in [-0.25, -0.2) is 9.79 Å². The smallest absolute Gasteiger partial charge is 0.335 e. The van der Waals surface area contributed by atoms with E-state index in [0.717, 1.165) is 0 Å². The lowest BCUT2D eigenvalue weighted by Crippen LogP contribution is -2.10. The molecule has 1 aliphatic heterocycles. The minimum Gasteiger partial charge on any atom is -0.494 e. The van der Waals surface area contributed by atoms with Crippen LogP contribution < -0.4 is 0 Å². The Labute approximate surface area is 129 Å². The number of ketones is 1. The Kier molecular flexibility index (Phi) is 2.62. The number of carbonyl (C=O) groups excluding carboxylic acids is 1. The van der Waals surface area contributed by atoms with E-state index in [-0.39, 0.29) is 22.9 Å². The topological polar surface area (TPSA) is 103 Å². The van der Waals surface area contributed by atoms with E-state index in [1.54, 1.807) is 18.2 Å². The summed E-state index contributed by atoms with van der Waals surface area (Å²) in [6.07, 6.45) is 0. The van der Waals surface area contributed by atoms with E-state index in [4.69, 9.17) is 5.11 Å². The molecule has 0 radical (unpaired) electrons. The number of carboxylic acids is 1. The van der Waals surface area contributed by atoms with Crippen molar-refractivity contribution in [1.82, 2.24) is 4.98 Å². The molecule has 6 heteroatoms. The van der Waals surface area contributed by atoms with Crippen LogP contribution in [0.1, 0.15) is 26.3 Å². The highest BCUT2D eigenvalue weighted by atomic mass is 16.4. The van der Waals surface area contributed by atoms with E-state index in [1.165, 1.54) is 18.2 Å². The quantitative estimate of drug-likeness (QED) is 0.677. The number of Topliss-reactive ketones (excluding diaryl/α,β-unsaturated/α-hetero) is 1. The number of carbonyl (C=O) groups is 2. The first-order valence-corrected chi connectivity index (χ1v) is 6.87. The van der Waals surface area contributed by atoms with Gasteiger partial charge in [-0.1, -0.05) is 18.2 Å². The minimum atomic E-state index is -1.08. The first kappa shape index (κ1) is 13.3. The van der Waals surface area contributed by atoms with Gasteiger partial charge in [0.25, 0.3) is 0 Å². The second-order valence-corrected chi connectivity index (χ2v) is 5.22. The van der Waals surface area contributed by atoms with Crippen LogP contribution in [0.15, 0.2) is 47.5 Å². The van der Waals surface area contributed by atoms with E-state index in [2.05, 4.69) is 9.98 Å². The Morgan fingerprint density at radius 3 is 2.70 bits per heavy atom. The number of benzene rings is 2. The van der Waals surface area contributed by atoms with Gasteiger partial charge in [-0.05, 0) is 24.3 Å². The molecule has 6 nitrogen and oxygen atoms in total. The van der Waals surface area contributed by atoms with Crippen LogP contribution in [0.25, 0.3) is 10.9 Å². The number of rotatable bonds is 2. The summed E-state index contributed by atoms with van der Waals surface area (Å²) in [5, 5.41) is 19.9. The van der Waals surface area contributed by atoms with Crippen molar-refractivity contribution in [3.05, 3.63) is 59.2 Å². The molecule has 0 fully saturated rings. The summed E-state index contributed by atoms with van der Waals surface area (Å²) in [6, 6.07) is 11.4. The Morgan fingerprint density at radius 2 is 1.91 bits per heavy atom. The summed E-state index contributed by atoms with van der Waals surface area (Å²) in [4.78, 5) is 30.7. The standard InChI is InChI=1S/C17H10N2O4/c20-15-10-6-5-8(17(22)23)7-12(10)18-14(15)13-9-3-1-2-4-11(9)19-16(13)21/h1-7,19,21H,(H,22,23). The molecule has 0 atom stereocenters. The van der Waals surface area contributed by atoms with Crippen molar-refractivity contribution in [2.45, 2.75) is 0 Å². The van der Waals surface area contributed by atoms with Gasteiger partial charge in [-0.15, -0.1) is 0 Å². The van der Waals surface area contributed by atoms with E-state index < -0.39 is 5.97 Å². The predicted octanol–water partition coefficient (Wildman–Crippen LogP) is 2.89. The summed E-state index contributed by atoms with van der Waals surface area (Å²) in [6.45, 7) is 0. The fourth-order valence-electron chi connectivity index (χ4n) is 2.78. The van der Waals surface area contributed by atoms with Crippen LogP contribution in [0, 0.1) is 0 Å². The minimum absolute atomic E-state index is 0.0599. The fourth-order valence-corrected chi connectivity index (χ4v) is 2.78. The molecule has 4 rings (SSSR count). The number of hydrogen-bond acceptors (Lipinski definition) is 4. The van der Waals surface area contributed by atoms with Crippen molar-refractivity contribution in [2.24, 2.45) is 4.99 Å². The first-order chi connectivity index (χ1) is 11.1. The number of H-pyrrole nitrogens is 1. The van der Waals surface area contributed by atoms with Gasteiger partial charge in [-0.2, -0.15) is 0 Å². The molecule has 1 aromatic heterocycles. The Balaban J connectivity index is 1.92. The van der Waals surface area contributed by atoms with Gasteiger partial charge in [0.05, 0.1) is 16.8 Å². The normalized spacial score (nSPS) is 13.2. The van der Waals surface area contributed by atoms with Gasteiger partial charge in [0.15, 0.2) is 5.88 Å². The van der Waals surface area contributed by atoms with Crippen LogP contribution >= 0.6 is 0 Å². The van der Waals surface area contributed by atoms with Gasteiger partial charge in [0.2, 0.25) is 5.78 Å². The highest BCUT2D eigenvalue weighted by Crippen LogP contribution is 2.35. The maximum atomic E-state index is 12.6. The van der Waals surface area contributed by atoms with Crippen LogP contribution in [0.5, 0.6) is 5.88 Å². The Hall–Kier alpha value is -3.41. The van der Waals surface area contributed by atoms with Crippen molar-refractivity contribution >= 4 is 34.1 Å². The summed E-state index contributed by atoms with van der Waals surface area (Å²) in [7, 11) is 0. The first-order valence-electron chi connectivity index (χ1n) is 6.87. The number of aromatic amines is 1. The molecule has 0 saturated carbocycles. The maximum Gasteiger partial charge on any atom is 0.335 e. The van der Waals surface area contributed by atoms with Crippen LogP contribution in [-0.4, -0.2) is 32.7 Å². The number of para-hydroxylation sites is 1. The summed E-state index contributed by atoms with van der Waals surface area (Å²) >= 11 is 0. The molecular formula is C17H10N2O4. The number of nitrogens with zero attached hydrogens (tertiary/aromatic N) is 1. The molecule has 112 valence electrons. The molecule has 2 aromatic carbocycles. The number of nitrogens with one attached hydrogen (secondary N) is 1.